The highest BCUT2D eigenvalue weighted by Gasteiger charge is 2.20. The van der Waals surface area contributed by atoms with Crippen LogP contribution in [0.5, 0.6) is 0 Å². The van der Waals surface area contributed by atoms with Crippen LogP contribution in [-0.2, 0) is 11.3 Å². The molecule has 1 unspecified atom stereocenters. The number of rotatable bonds is 5. The minimum atomic E-state index is -0.547. The molecule has 2 aromatic rings. The van der Waals surface area contributed by atoms with E-state index in [0.29, 0.717) is 11.6 Å². The number of hydrogen-bond acceptors (Lipinski definition) is 3. The number of thiophene rings is 1. The Labute approximate surface area is 128 Å². The number of nitrogens with one attached hydrogen (secondary N) is 1. The molecule has 1 aromatic carbocycles. The molecule has 0 aliphatic rings. The van der Waals surface area contributed by atoms with Gasteiger partial charge < -0.3 is 5.73 Å². The zero-order valence-electron chi connectivity index (χ0n) is 9.90. The normalized spacial score (nSPS) is 12.3. The monoisotopic (exact) mass is 358 g/mol. The zero-order chi connectivity index (χ0) is 13.8. The van der Waals surface area contributed by atoms with Crippen molar-refractivity contribution in [2.24, 2.45) is 5.73 Å². The van der Waals surface area contributed by atoms with Crippen molar-refractivity contribution >= 4 is 44.8 Å². The second-order valence-corrected chi connectivity index (χ2v) is 6.28. The standard InChI is InChI=1S/C13H12BrClN2OS/c14-11-6-8(15)3-4-10(11)12(13(16)18)17-7-9-2-1-5-19-9/h1-6,12,17H,7H2,(H2,16,18). The van der Waals surface area contributed by atoms with Crippen molar-refractivity contribution in [1.29, 1.82) is 0 Å². The Balaban J connectivity index is 2.17. The minimum Gasteiger partial charge on any atom is -0.368 e. The lowest BCUT2D eigenvalue weighted by Crippen LogP contribution is -2.33. The van der Waals surface area contributed by atoms with Crippen molar-refractivity contribution in [3.8, 4) is 0 Å². The van der Waals surface area contributed by atoms with E-state index in [1.807, 2.05) is 17.5 Å². The van der Waals surface area contributed by atoms with Crippen LogP contribution in [0.3, 0.4) is 0 Å². The van der Waals surface area contributed by atoms with Crippen molar-refractivity contribution in [2.45, 2.75) is 12.6 Å². The molecule has 3 nitrogen and oxygen atoms in total. The van der Waals surface area contributed by atoms with Gasteiger partial charge in [0.1, 0.15) is 6.04 Å². The molecule has 0 saturated carbocycles. The maximum Gasteiger partial charge on any atom is 0.239 e. The molecule has 3 N–H and O–H groups in total. The van der Waals surface area contributed by atoms with Crippen molar-refractivity contribution in [1.82, 2.24) is 5.32 Å². The summed E-state index contributed by atoms with van der Waals surface area (Å²) in [5, 5.41) is 5.76. The van der Waals surface area contributed by atoms with Crippen LogP contribution in [0.1, 0.15) is 16.5 Å². The second-order valence-electron chi connectivity index (χ2n) is 3.96. The lowest BCUT2D eigenvalue weighted by molar-refractivity contribution is -0.120. The van der Waals surface area contributed by atoms with Gasteiger partial charge in [0.15, 0.2) is 0 Å². The highest BCUT2D eigenvalue weighted by molar-refractivity contribution is 9.10. The Morgan fingerprint density at radius 2 is 2.26 bits per heavy atom. The molecule has 0 aliphatic heterocycles. The van der Waals surface area contributed by atoms with Gasteiger partial charge in [-0.05, 0) is 29.1 Å². The molecule has 6 heteroatoms. The van der Waals surface area contributed by atoms with Crippen LogP contribution >= 0.6 is 38.9 Å². The summed E-state index contributed by atoms with van der Waals surface area (Å²) in [6.45, 7) is 0.598. The predicted octanol–water partition coefficient (Wildman–Crippen LogP) is 3.48. The van der Waals surface area contributed by atoms with Gasteiger partial charge in [-0.25, -0.2) is 0 Å². The van der Waals surface area contributed by atoms with E-state index in [9.17, 15) is 4.79 Å². The summed E-state index contributed by atoms with van der Waals surface area (Å²) >= 11 is 10.9. The summed E-state index contributed by atoms with van der Waals surface area (Å²) in [5.74, 6) is -0.417. The smallest absolute Gasteiger partial charge is 0.239 e. The van der Waals surface area contributed by atoms with E-state index >= 15 is 0 Å². The van der Waals surface area contributed by atoms with Crippen LogP contribution in [0.25, 0.3) is 0 Å². The van der Waals surface area contributed by atoms with Crippen molar-refractivity contribution in [2.75, 3.05) is 0 Å². The molecule has 100 valence electrons. The quantitative estimate of drug-likeness (QED) is 0.858. The topological polar surface area (TPSA) is 55.1 Å². The number of primary amides is 1. The van der Waals surface area contributed by atoms with E-state index < -0.39 is 11.9 Å². The average Bonchev–Trinajstić information content (AvgIpc) is 2.84. The number of carbonyl (C=O) groups is 1. The lowest BCUT2D eigenvalue weighted by Gasteiger charge is -2.17. The minimum absolute atomic E-state index is 0.417. The fourth-order valence-corrected chi connectivity index (χ4v) is 3.28. The van der Waals surface area contributed by atoms with Crippen molar-refractivity contribution in [3.63, 3.8) is 0 Å². The van der Waals surface area contributed by atoms with Crippen LogP contribution in [0, 0.1) is 0 Å². The van der Waals surface area contributed by atoms with Crippen LogP contribution < -0.4 is 11.1 Å². The lowest BCUT2D eigenvalue weighted by atomic mass is 10.1. The number of carbonyl (C=O) groups excluding carboxylic acids is 1. The van der Waals surface area contributed by atoms with Gasteiger partial charge in [-0.3, -0.25) is 10.1 Å². The fraction of sp³-hybridized carbons (Fsp3) is 0.154. The van der Waals surface area contributed by atoms with E-state index in [0.717, 1.165) is 14.9 Å². The van der Waals surface area contributed by atoms with Gasteiger partial charge in [0, 0.05) is 20.9 Å². The van der Waals surface area contributed by atoms with Crippen LogP contribution in [0.4, 0.5) is 0 Å². The Kier molecular flexibility index (Phi) is 4.99. The summed E-state index contributed by atoms with van der Waals surface area (Å²) < 4.78 is 0.766. The Morgan fingerprint density at radius 3 is 2.84 bits per heavy atom. The van der Waals surface area contributed by atoms with E-state index in [4.69, 9.17) is 17.3 Å². The van der Waals surface area contributed by atoms with Gasteiger partial charge >= 0.3 is 0 Å². The first kappa shape index (κ1) is 14.5. The summed E-state index contributed by atoms with van der Waals surface area (Å²) in [6.07, 6.45) is 0. The molecule has 2 rings (SSSR count). The molecule has 0 aliphatic carbocycles. The summed E-state index contributed by atoms with van der Waals surface area (Å²) in [7, 11) is 0. The molecule has 1 atom stereocenters. The molecule has 0 saturated heterocycles. The maximum absolute atomic E-state index is 11.6. The first-order valence-corrected chi connectivity index (χ1v) is 7.63. The SMILES string of the molecule is NC(=O)C(NCc1cccs1)c1ccc(Cl)cc1Br. The van der Waals surface area contributed by atoms with E-state index in [-0.39, 0.29) is 0 Å². The fourth-order valence-electron chi connectivity index (χ4n) is 1.72. The van der Waals surface area contributed by atoms with E-state index in [2.05, 4.69) is 21.2 Å². The largest absolute Gasteiger partial charge is 0.368 e. The zero-order valence-corrected chi connectivity index (χ0v) is 13.1. The number of nitrogens with two attached hydrogens (primary N) is 1. The summed E-state index contributed by atoms with van der Waals surface area (Å²) in [5.41, 5.74) is 6.25. The first-order valence-electron chi connectivity index (χ1n) is 5.58. The van der Waals surface area contributed by atoms with Crippen LogP contribution in [-0.4, -0.2) is 5.91 Å². The molecular formula is C13H12BrClN2OS. The molecule has 1 amide bonds. The molecular weight excluding hydrogens is 348 g/mol. The Bertz CT molecular complexity index is 574. The van der Waals surface area contributed by atoms with Gasteiger partial charge in [0.2, 0.25) is 5.91 Å². The molecule has 0 radical (unpaired) electrons. The highest BCUT2D eigenvalue weighted by atomic mass is 79.9. The summed E-state index contributed by atoms with van der Waals surface area (Å²) in [4.78, 5) is 12.8. The number of halogens is 2. The van der Waals surface area contributed by atoms with E-state index in [1.165, 1.54) is 0 Å². The third-order valence-corrected chi connectivity index (χ3v) is 4.42. The van der Waals surface area contributed by atoms with Crippen molar-refractivity contribution < 1.29 is 4.79 Å². The Morgan fingerprint density at radius 1 is 1.47 bits per heavy atom. The molecule has 0 spiro atoms. The van der Waals surface area contributed by atoms with Gasteiger partial charge in [0.05, 0.1) is 0 Å². The number of benzene rings is 1. The van der Waals surface area contributed by atoms with E-state index in [1.54, 1.807) is 29.5 Å². The van der Waals surface area contributed by atoms with Gasteiger partial charge in [-0.1, -0.05) is 39.7 Å². The molecule has 1 heterocycles. The van der Waals surface area contributed by atoms with Crippen LogP contribution in [0.15, 0.2) is 40.2 Å². The van der Waals surface area contributed by atoms with Crippen LogP contribution in [0.2, 0.25) is 5.02 Å². The molecule has 19 heavy (non-hydrogen) atoms. The molecule has 0 bridgehead atoms. The third-order valence-electron chi connectivity index (χ3n) is 2.62. The predicted molar refractivity (Wildman–Crippen MR) is 82.2 cm³/mol. The van der Waals surface area contributed by atoms with Gasteiger partial charge in [-0.15, -0.1) is 11.3 Å². The maximum atomic E-state index is 11.6. The van der Waals surface area contributed by atoms with Gasteiger partial charge in [-0.2, -0.15) is 0 Å². The summed E-state index contributed by atoms with van der Waals surface area (Å²) in [6, 6.07) is 8.72. The molecule has 0 fully saturated rings. The molecule has 1 aromatic heterocycles. The first-order chi connectivity index (χ1) is 9.08. The third kappa shape index (κ3) is 3.79. The van der Waals surface area contributed by atoms with Gasteiger partial charge in [0.25, 0.3) is 0 Å². The Hall–Kier alpha value is -0.880. The number of hydrogen-bond donors (Lipinski definition) is 2. The number of amides is 1. The highest BCUT2D eigenvalue weighted by Crippen LogP contribution is 2.27. The van der Waals surface area contributed by atoms with Crippen molar-refractivity contribution in [3.05, 3.63) is 55.6 Å². The average molecular weight is 360 g/mol. The second kappa shape index (κ2) is 6.52.